The average Bonchev–Trinajstić information content (AvgIpc) is 2.71. The van der Waals surface area contributed by atoms with E-state index in [-0.39, 0.29) is 0 Å². The lowest BCUT2D eigenvalue weighted by Gasteiger charge is -1.83. The molecule has 0 atom stereocenters. The number of nitrogens with two attached hydrogens (primary N) is 1. The summed E-state index contributed by atoms with van der Waals surface area (Å²) in [6.45, 7) is 0.413. The summed E-state index contributed by atoms with van der Waals surface area (Å²) in [5.41, 5.74) is 6.20. The van der Waals surface area contributed by atoms with E-state index in [0.717, 1.165) is 20.1 Å². The maximum absolute atomic E-state index is 5.42. The van der Waals surface area contributed by atoms with E-state index >= 15 is 0 Å². The summed E-state index contributed by atoms with van der Waals surface area (Å²) in [7, 11) is 0. The van der Waals surface area contributed by atoms with Gasteiger partial charge in [-0.05, 0) is 28.1 Å². The molecule has 2 rings (SSSR count). The number of aromatic nitrogens is 1. The first-order chi connectivity index (χ1) is 6.29. The molecule has 0 fully saturated rings. The highest BCUT2D eigenvalue weighted by Crippen LogP contribution is 2.31. The van der Waals surface area contributed by atoms with Gasteiger partial charge in [-0.15, -0.1) is 11.3 Å². The van der Waals surface area contributed by atoms with Crippen molar-refractivity contribution in [3.05, 3.63) is 27.7 Å². The van der Waals surface area contributed by atoms with Crippen LogP contribution in [0.4, 0.5) is 0 Å². The number of rotatable bonds is 2. The van der Waals surface area contributed by atoms with Crippen molar-refractivity contribution in [3.8, 4) is 10.6 Å². The molecule has 0 amide bonds. The van der Waals surface area contributed by atoms with E-state index in [2.05, 4.69) is 21.1 Å². The number of halogens is 1. The highest BCUT2D eigenvalue weighted by atomic mass is 79.9. The zero-order valence-electron chi connectivity index (χ0n) is 6.66. The first kappa shape index (κ1) is 8.93. The molecule has 0 saturated heterocycles. The molecule has 0 radical (unpaired) electrons. The quantitative estimate of drug-likeness (QED) is 0.901. The lowest BCUT2D eigenvalue weighted by atomic mass is 10.3. The minimum atomic E-state index is 0.413. The largest absolute Gasteiger partial charge is 0.355 e. The monoisotopic (exact) mass is 258 g/mol. The molecule has 5 heteroatoms. The molecule has 2 aromatic rings. The summed E-state index contributed by atoms with van der Waals surface area (Å²) in [5, 5.41) is 3.81. The first-order valence-electron chi connectivity index (χ1n) is 3.71. The van der Waals surface area contributed by atoms with Crippen LogP contribution >= 0.6 is 27.3 Å². The maximum atomic E-state index is 5.42. The van der Waals surface area contributed by atoms with Gasteiger partial charge in [0.2, 0.25) is 0 Å². The SMILES string of the molecule is NCc1cc(-c2ccc(Br)s2)on1. The van der Waals surface area contributed by atoms with E-state index in [1.165, 1.54) is 0 Å². The van der Waals surface area contributed by atoms with Crippen LogP contribution < -0.4 is 5.73 Å². The summed E-state index contributed by atoms with van der Waals surface area (Å²) in [4.78, 5) is 1.05. The van der Waals surface area contributed by atoms with E-state index < -0.39 is 0 Å². The van der Waals surface area contributed by atoms with Crippen molar-refractivity contribution in [2.75, 3.05) is 0 Å². The second kappa shape index (κ2) is 3.61. The molecule has 2 aromatic heterocycles. The van der Waals surface area contributed by atoms with Crippen LogP contribution in [0.5, 0.6) is 0 Å². The molecule has 2 heterocycles. The highest BCUT2D eigenvalue weighted by Gasteiger charge is 2.07. The fraction of sp³-hybridized carbons (Fsp3) is 0.125. The fourth-order valence-electron chi connectivity index (χ4n) is 0.971. The molecule has 0 aliphatic heterocycles. The Morgan fingerprint density at radius 2 is 2.38 bits per heavy atom. The van der Waals surface area contributed by atoms with Crippen LogP contribution in [0.3, 0.4) is 0 Å². The van der Waals surface area contributed by atoms with Crippen LogP contribution in [0, 0.1) is 0 Å². The smallest absolute Gasteiger partial charge is 0.177 e. The molecule has 0 aromatic carbocycles. The van der Waals surface area contributed by atoms with Crippen LogP contribution in [-0.4, -0.2) is 5.16 Å². The molecule has 2 N–H and O–H groups in total. The van der Waals surface area contributed by atoms with E-state index in [4.69, 9.17) is 10.3 Å². The van der Waals surface area contributed by atoms with Gasteiger partial charge in [-0.3, -0.25) is 0 Å². The van der Waals surface area contributed by atoms with Gasteiger partial charge in [-0.25, -0.2) is 0 Å². The van der Waals surface area contributed by atoms with Gasteiger partial charge < -0.3 is 10.3 Å². The molecule has 0 saturated carbocycles. The molecule has 0 bridgehead atoms. The molecular formula is C8H7BrN2OS. The van der Waals surface area contributed by atoms with Crippen molar-refractivity contribution in [2.24, 2.45) is 5.73 Å². The van der Waals surface area contributed by atoms with E-state index in [1.54, 1.807) is 11.3 Å². The molecule has 0 spiro atoms. The Morgan fingerprint density at radius 3 is 2.92 bits per heavy atom. The normalized spacial score (nSPS) is 10.6. The molecule has 0 aliphatic rings. The van der Waals surface area contributed by atoms with Crippen molar-refractivity contribution in [3.63, 3.8) is 0 Å². The number of thiophene rings is 1. The van der Waals surface area contributed by atoms with Crippen molar-refractivity contribution in [1.82, 2.24) is 5.16 Å². The predicted octanol–water partition coefficient (Wildman–Crippen LogP) is 2.62. The third-order valence-corrected chi connectivity index (χ3v) is 3.22. The fourth-order valence-corrected chi connectivity index (χ4v) is 2.31. The van der Waals surface area contributed by atoms with E-state index in [1.807, 2.05) is 18.2 Å². The Morgan fingerprint density at radius 1 is 1.54 bits per heavy atom. The Kier molecular flexibility index (Phi) is 2.48. The van der Waals surface area contributed by atoms with Crippen LogP contribution in [-0.2, 0) is 6.54 Å². The van der Waals surface area contributed by atoms with Crippen molar-refractivity contribution >= 4 is 27.3 Å². The van der Waals surface area contributed by atoms with Gasteiger partial charge in [0.1, 0.15) is 0 Å². The lowest BCUT2D eigenvalue weighted by molar-refractivity contribution is 0.424. The predicted molar refractivity (Wildman–Crippen MR) is 55.4 cm³/mol. The molecule has 3 nitrogen and oxygen atoms in total. The van der Waals surface area contributed by atoms with E-state index in [9.17, 15) is 0 Å². The molecule has 0 unspecified atom stereocenters. The zero-order chi connectivity index (χ0) is 9.26. The van der Waals surface area contributed by atoms with Crippen LogP contribution in [0.25, 0.3) is 10.6 Å². The second-order valence-corrected chi connectivity index (χ2v) is 4.95. The summed E-state index contributed by atoms with van der Waals surface area (Å²) in [6.07, 6.45) is 0. The Hall–Kier alpha value is -0.650. The van der Waals surface area contributed by atoms with Gasteiger partial charge in [-0.2, -0.15) is 0 Å². The third kappa shape index (κ3) is 1.82. The summed E-state index contributed by atoms with van der Waals surface area (Å²) < 4.78 is 6.19. The Bertz CT molecular complexity index is 410. The zero-order valence-corrected chi connectivity index (χ0v) is 9.06. The van der Waals surface area contributed by atoms with Gasteiger partial charge in [0.05, 0.1) is 14.4 Å². The van der Waals surface area contributed by atoms with Crippen molar-refractivity contribution in [1.29, 1.82) is 0 Å². The third-order valence-electron chi connectivity index (χ3n) is 1.58. The Balaban J connectivity index is 2.35. The standard InChI is InChI=1S/C8H7BrN2OS/c9-8-2-1-7(13-8)6-3-5(4-10)11-12-6/h1-3H,4,10H2. The van der Waals surface area contributed by atoms with Crippen molar-refractivity contribution in [2.45, 2.75) is 6.54 Å². The number of hydrogen-bond acceptors (Lipinski definition) is 4. The van der Waals surface area contributed by atoms with Gasteiger partial charge in [0, 0.05) is 12.6 Å². The topological polar surface area (TPSA) is 52.0 Å². The van der Waals surface area contributed by atoms with Crippen molar-refractivity contribution < 1.29 is 4.52 Å². The average molecular weight is 259 g/mol. The summed E-state index contributed by atoms with van der Waals surface area (Å²) >= 11 is 4.99. The van der Waals surface area contributed by atoms with Crippen LogP contribution in [0.2, 0.25) is 0 Å². The summed E-state index contributed by atoms with van der Waals surface area (Å²) in [6, 6.07) is 5.82. The number of nitrogens with zero attached hydrogens (tertiary/aromatic N) is 1. The maximum Gasteiger partial charge on any atom is 0.177 e. The van der Waals surface area contributed by atoms with Gasteiger partial charge in [0.15, 0.2) is 5.76 Å². The molecule has 0 aliphatic carbocycles. The van der Waals surface area contributed by atoms with Crippen LogP contribution in [0.15, 0.2) is 26.5 Å². The van der Waals surface area contributed by atoms with Crippen LogP contribution in [0.1, 0.15) is 5.69 Å². The Labute approximate surface area is 87.7 Å². The molecule has 68 valence electrons. The lowest BCUT2D eigenvalue weighted by Crippen LogP contribution is -1.94. The van der Waals surface area contributed by atoms with Gasteiger partial charge in [-0.1, -0.05) is 5.16 Å². The first-order valence-corrected chi connectivity index (χ1v) is 5.32. The second-order valence-electron chi connectivity index (χ2n) is 2.49. The van der Waals surface area contributed by atoms with Gasteiger partial charge in [0.25, 0.3) is 0 Å². The van der Waals surface area contributed by atoms with E-state index in [0.29, 0.717) is 6.54 Å². The molecular weight excluding hydrogens is 252 g/mol. The molecule has 13 heavy (non-hydrogen) atoms. The van der Waals surface area contributed by atoms with Gasteiger partial charge >= 0.3 is 0 Å². The minimum Gasteiger partial charge on any atom is -0.355 e. The highest BCUT2D eigenvalue weighted by molar-refractivity contribution is 9.11. The summed E-state index contributed by atoms with van der Waals surface area (Å²) in [5.74, 6) is 0.774. The minimum absolute atomic E-state index is 0.413. The number of hydrogen-bond donors (Lipinski definition) is 1.